The van der Waals surface area contributed by atoms with Crippen LogP contribution in [0.15, 0.2) is 42.5 Å². The van der Waals surface area contributed by atoms with Crippen molar-refractivity contribution in [3.8, 4) is 0 Å². The number of nitrogen functional groups attached to an aromatic ring is 1. The van der Waals surface area contributed by atoms with E-state index in [1.54, 1.807) is 12.1 Å². The predicted octanol–water partition coefficient (Wildman–Crippen LogP) is 3.27. The van der Waals surface area contributed by atoms with Crippen LogP contribution in [0.3, 0.4) is 0 Å². The lowest BCUT2D eigenvalue weighted by molar-refractivity contribution is 0.0698. The highest BCUT2D eigenvalue weighted by Crippen LogP contribution is 2.26. The Morgan fingerprint density at radius 3 is 2.47 bits per heavy atom. The molecule has 2 aromatic carbocycles. The Labute approximate surface area is 111 Å². The van der Waals surface area contributed by atoms with Crippen molar-refractivity contribution in [2.45, 2.75) is 13.3 Å². The molecule has 0 aliphatic rings. The molecule has 0 radical (unpaired) electrons. The summed E-state index contributed by atoms with van der Waals surface area (Å²) in [4.78, 5) is 11.0. The summed E-state index contributed by atoms with van der Waals surface area (Å²) < 4.78 is 0. The lowest BCUT2D eigenvalue weighted by Gasteiger charge is -2.11. The zero-order valence-corrected chi connectivity index (χ0v) is 10.7. The van der Waals surface area contributed by atoms with Gasteiger partial charge in [0.05, 0.1) is 16.9 Å². The molecule has 0 aliphatic heterocycles. The van der Waals surface area contributed by atoms with E-state index in [1.807, 2.05) is 24.3 Å². The van der Waals surface area contributed by atoms with E-state index in [2.05, 4.69) is 12.2 Å². The third-order valence-electron chi connectivity index (χ3n) is 2.98. The fraction of sp³-hybridized carbons (Fsp3) is 0.133. The number of nitrogens with two attached hydrogens (primary N) is 1. The smallest absolute Gasteiger partial charge is 0.337 e. The molecule has 2 aromatic rings. The Morgan fingerprint density at radius 2 is 1.89 bits per heavy atom. The SMILES string of the molecule is CCc1ccc(Nc2cccc(C(=O)O)c2N)cc1. The van der Waals surface area contributed by atoms with Crippen LogP contribution in [0, 0.1) is 0 Å². The van der Waals surface area contributed by atoms with Gasteiger partial charge in [-0.3, -0.25) is 0 Å². The van der Waals surface area contributed by atoms with Crippen LogP contribution in [0.25, 0.3) is 0 Å². The van der Waals surface area contributed by atoms with Gasteiger partial charge in [-0.05, 0) is 36.2 Å². The van der Waals surface area contributed by atoms with Gasteiger partial charge in [0.15, 0.2) is 0 Å². The highest BCUT2D eigenvalue weighted by atomic mass is 16.4. The summed E-state index contributed by atoms with van der Waals surface area (Å²) in [5.74, 6) is -1.03. The Bertz CT molecular complexity index is 592. The summed E-state index contributed by atoms with van der Waals surface area (Å²) in [6, 6.07) is 12.9. The van der Waals surface area contributed by atoms with E-state index in [0.29, 0.717) is 5.69 Å². The molecule has 0 aromatic heterocycles. The van der Waals surface area contributed by atoms with Gasteiger partial charge in [-0.25, -0.2) is 4.79 Å². The van der Waals surface area contributed by atoms with Gasteiger partial charge in [0.1, 0.15) is 0 Å². The summed E-state index contributed by atoms with van der Waals surface area (Å²) in [7, 11) is 0. The minimum absolute atomic E-state index is 0.107. The molecule has 4 heteroatoms. The van der Waals surface area contributed by atoms with Gasteiger partial charge in [0.2, 0.25) is 0 Å². The topological polar surface area (TPSA) is 75.3 Å². The molecule has 0 saturated carbocycles. The number of rotatable bonds is 4. The second kappa shape index (κ2) is 5.44. The summed E-state index contributed by atoms with van der Waals surface area (Å²) >= 11 is 0. The monoisotopic (exact) mass is 256 g/mol. The summed E-state index contributed by atoms with van der Waals surface area (Å²) in [5.41, 5.74) is 8.93. The number of nitrogens with one attached hydrogen (secondary N) is 1. The molecule has 0 fully saturated rings. The van der Waals surface area contributed by atoms with Gasteiger partial charge < -0.3 is 16.2 Å². The third-order valence-corrected chi connectivity index (χ3v) is 2.98. The van der Waals surface area contributed by atoms with Gasteiger partial charge >= 0.3 is 5.97 Å². The van der Waals surface area contributed by atoms with E-state index in [-0.39, 0.29) is 11.3 Å². The first-order valence-electron chi connectivity index (χ1n) is 6.09. The maximum atomic E-state index is 11.0. The molecule has 2 rings (SSSR count). The number of aromatic carboxylic acids is 1. The normalized spacial score (nSPS) is 10.2. The zero-order valence-electron chi connectivity index (χ0n) is 10.7. The number of para-hydroxylation sites is 1. The molecular weight excluding hydrogens is 240 g/mol. The molecule has 0 amide bonds. The van der Waals surface area contributed by atoms with Crippen molar-refractivity contribution in [3.63, 3.8) is 0 Å². The summed E-state index contributed by atoms with van der Waals surface area (Å²) in [5, 5.41) is 12.1. The minimum atomic E-state index is -1.03. The number of hydrogen-bond acceptors (Lipinski definition) is 3. The first-order chi connectivity index (χ1) is 9.11. The molecule has 0 bridgehead atoms. The number of carbonyl (C=O) groups is 1. The molecule has 0 saturated heterocycles. The lowest BCUT2D eigenvalue weighted by atomic mass is 10.1. The highest BCUT2D eigenvalue weighted by molar-refractivity contribution is 5.97. The Hall–Kier alpha value is -2.49. The Morgan fingerprint density at radius 1 is 1.21 bits per heavy atom. The molecular formula is C15H16N2O2. The number of carboxylic acids is 1. The van der Waals surface area contributed by atoms with Gasteiger partial charge in [0, 0.05) is 5.69 Å². The van der Waals surface area contributed by atoms with E-state index in [4.69, 9.17) is 10.8 Å². The van der Waals surface area contributed by atoms with E-state index >= 15 is 0 Å². The molecule has 0 unspecified atom stereocenters. The van der Waals surface area contributed by atoms with Crippen LogP contribution < -0.4 is 11.1 Å². The van der Waals surface area contributed by atoms with Crippen molar-refractivity contribution in [3.05, 3.63) is 53.6 Å². The molecule has 0 heterocycles. The van der Waals surface area contributed by atoms with Gasteiger partial charge in [-0.2, -0.15) is 0 Å². The quantitative estimate of drug-likeness (QED) is 0.734. The van der Waals surface area contributed by atoms with Crippen LogP contribution in [0.2, 0.25) is 0 Å². The second-order valence-corrected chi connectivity index (χ2v) is 4.25. The predicted molar refractivity (Wildman–Crippen MR) is 76.9 cm³/mol. The van der Waals surface area contributed by atoms with Crippen molar-refractivity contribution >= 4 is 23.0 Å². The Kier molecular flexibility index (Phi) is 3.71. The first kappa shape index (κ1) is 13.0. The largest absolute Gasteiger partial charge is 0.478 e. The van der Waals surface area contributed by atoms with Gasteiger partial charge in [0.25, 0.3) is 0 Å². The van der Waals surface area contributed by atoms with E-state index in [0.717, 1.165) is 12.1 Å². The molecule has 0 aliphatic carbocycles. The number of benzene rings is 2. The van der Waals surface area contributed by atoms with Crippen molar-refractivity contribution in [1.82, 2.24) is 0 Å². The maximum absolute atomic E-state index is 11.0. The number of hydrogen-bond donors (Lipinski definition) is 3. The standard InChI is InChI=1S/C15H16N2O2/c1-2-10-6-8-11(9-7-10)17-13-5-3-4-12(14(13)16)15(18)19/h3-9,17H,2,16H2,1H3,(H,18,19). The van der Waals surface area contributed by atoms with Crippen molar-refractivity contribution in [2.24, 2.45) is 0 Å². The van der Waals surface area contributed by atoms with Crippen LogP contribution >= 0.6 is 0 Å². The molecule has 0 spiro atoms. The molecule has 4 N–H and O–H groups in total. The fourth-order valence-corrected chi connectivity index (χ4v) is 1.84. The molecule has 4 nitrogen and oxygen atoms in total. The number of carboxylic acid groups (broad SMARTS) is 1. The highest BCUT2D eigenvalue weighted by Gasteiger charge is 2.10. The minimum Gasteiger partial charge on any atom is -0.478 e. The summed E-state index contributed by atoms with van der Waals surface area (Å²) in [6.07, 6.45) is 0.983. The van der Waals surface area contributed by atoms with Crippen LogP contribution in [-0.4, -0.2) is 11.1 Å². The average molecular weight is 256 g/mol. The van der Waals surface area contributed by atoms with Crippen molar-refractivity contribution < 1.29 is 9.90 Å². The molecule has 98 valence electrons. The van der Waals surface area contributed by atoms with E-state index in [9.17, 15) is 4.79 Å². The van der Waals surface area contributed by atoms with Gasteiger partial charge in [-0.15, -0.1) is 0 Å². The third kappa shape index (κ3) is 2.85. The van der Waals surface area contributed by atoms with Crippen molar-refractivity contribution in [2.75, 3.05) is 11.1 Å². The van der Waals surface area contributed by atoms with E-state index < -0.39 is 5.97 Å². The zero-order chi connectivity index (χ0) is 13.8. The van der Waals surface area contributed by atoms with Crippen LogP contribution in [0.4, 0.5) is 17.1 Å². The molecule has 19 heavy (non-hydrogen) atoms. The van der Waals surface area contributed by atoms with Crippen LogP contribution in [0.1, 0.15) is 22.8 Å². The maximum Gasteiger partial charge on any atom is 0.337 e. The Balaban J connectivity index is 2.27. The van der Waals surface area contributed by atoms with Gasteiger partial charge in [-0.1, -0.05) is 25.1 Å². The van der Waals surface area contributed by atoms with E-state index in [1.165, 1.54) is 11.6 Å². The first-order valence-corrected chi connectivity index (χ1v) is 6.09. The van der Waals surface area contributed by atoms with Crippen LogP contribution in [-0.2, 0) is 6.42 Å². The summed E-state index contributed by atoms with van der Waals surface area (Å²) in [6.45, 7) is 2.09. The second-order valence-electron chi connectivity index (χ2n) is 4.25. The van der Waals surface area contributed by atoms with Crippen LogP contribution in [0.5, 0.6) is 0 Å². The number of anilines is 3. The van der Waals surface area contributed by atoms with Crippen molar-refractivity contribution in [1.29, 1.82) is 0 Å². The lowest BCUT2D eigenvalue weighted by Crippen LogP contribution is -2.05. The average Bonchev–Trinajstić information content (AvgIpc) is 2.41. The number of aryl methyl sites for hydroxylation is 1. The molecule has 0 atom stereocenters. The fourth-order valence-electron chi connectivity index (χ4n) is 1.84.